The lowest BCUT2D eigenvalue weighted by molar-refractivity contribution is -0.113. The van der Waals surface area contributed by atoms with Gasteiger partial charge in [-0.15, -0.1) is 16.8 Å². The molecule has 0 aliphatic heterocycles. The van der Waals surface area contributed by atoms with Crippen LogP contribution in [0.2, 0.25) is 5.02 Å². The van der Waals surface area contributed by atoms with E-state index in [1.165, 1.54) is 11.8 Å². The summed E-state index contributed by atoms with van der Waals surface area (Å²) in [6, 6.07) is 14.1. The second-order valence-electron chi connectivity index (χ2n) is 7.76. The number of hydrogen-bond donors (Lipinski definition) is 2. The van der Waals surface area contributed by atoms with Crippen LogP contribution in [-0.4, -0.2) is 32.3 Å². The maximum Gasteiger partial charge on any atom is 0.253 e. The van der Waals surface area contributed by atoms with Crippen molar-refractivity contribution in [1.82, 2.24) is 20.1 Å². The van der Waals surface area contributed by atoms with E-state index >= 15 is 0 Å². The van der Waals surface area contributed by atoms with E-state index in [-0.39, 0.29) is 23.5 Å². The van der Waals surface area contributed by atoms with Crippen molar-refractivity contribution in [3.8, 4) is 0 Å². The second-order valence-corrected chi connectivity index (χ2v) is 10.4. The Bertz CT molecular complexity index is 1170. The van der Waals surface area contributed by atoms with Crippen molar-refractivity contribution < 1.29 is 9.59 Å². The zero-order valence-corrected chi connectivity index (χ0v) is 22.5. The molecule has 3 rings (SSSR count). The van der Waals surface area contributed by atoms with E-state index in [1.807, 2.05) is 42.7 Å². The molecule has 2 aromatic carbocycles. The van der Waals surface area contributed by atoms with Crippen LogP contribution in [0.15, 0.2) is 66.3 Å². The van der Waals surface area contributed by atoms with Gasteiger partial charge in [0.2, 0.25) is 5.91 Å². The van der Waals surface area contributed by atoms with Crippen molar-refractivity contribution in [2.75, 3.05) is 11.1 Å². The van der Waals surface area contributed by atoms with Gasteiger partial charge in [0.15, 0.2) is 11.0 Å². The molecule has 178 valence electrons. The number of halogens is 2. The van der Waals surface area contributed by atoms with Gasteiger partial charge in [-0.3, -0.25) is 9.59 Å². The standard InChI is InChI=1S/C24H25ClIN5O2S/c1-4-13-31-22(21(15(2)3)28-23(33)18-7-5-6-8-19(18)25)29-30-24(31)34-14-20(32)27-17-11-9-16(26)10-12-17/h4-12,15,21H,1,13-14H2,2-3H3,(H,27,32)(H,28,33)/t21-/m0/s1. The predicted molar refractivity (Wildman–Crippen MR) is 145 cm³/mol. The smallest absolute Gasteiger partial charge is 0.253 e. The summed E-state index contributed by atoms with van der Waals surface area (Å²) in [5.74, 6) is 0.355. The van der Waals surface area contributed by atoms with E-state index in [0.717, 1.165) is 9.26 Å². The van der Waals surface area contributed by atoms with E-state index < -0.39 is 6.04 Å². The number of rotatable bonds is 10. The number of nitrogens with one attached hydrogen (secondary N) is 2. The quantitative estimate of drug-likeness (QED) is 0.178. The largest absolute Gasteiger partial charge is 0.342 e. The van der Waals surface area contributed by atoms with Crippen LogP contribution in [0.3, 0.4) is 0 Å². The summed E-state index contributed by atoms with van der Waals surface area (Å²) in [6.45, 7) is 8.25. The minimum Gasteiger partial charge on any atom is -0.342 e. The number of aromatic nitrogens is 3. The lowest BCUT2D eigenvalue weighted by atomic mass is 10.0. The summed E-state index contributed by atoms with van der Waals surface area (Å²) in [6.07, 6.45) is 1.73. The molecule has 0 spiro atoms. The van der Waals surface area contributed by atoms with Crippen molar-refractivity contribution in [1.29, 1.82) is 0 Å². The first kappa shape index (κ1) is 26.2. The van der Waals surface area contributed by atoms with Crippen LogP contribution in [0.25, 0.3) is 0 Å². The molecule has 1 aromatic heterocycles. The molecule has 34 heavy (non-hydrogen) atoms. The Hall–Kier alpha value is -2.37. The van der Waals surface area contributed by atoms with E-state index in [1.54, 1.807) is 30.3 Å². The molecule has 2 amide bonds. The molecule has 0 aliphatic rings. The molecule has 0 saturated carbocycles. The number of amides is 2. The third-order valence-corrected chi connectivity index (χ3v) is 6.88. The fourth-order valence-electron chi connectivity index (χ4n) is 3.19. The molecule has 7 nitrogen and oxygen atoms in total. The Balaban J connectivity index is 1.75. The normalized spacial score (nSPS) is 11.8. The summed E-state index contributed by atoms with van der Waals surface area (Å²) in [5, 5.41) is 15.5. The molecule has 1 heterocycles. The summed E-state index contributed by atoms with van der Waals surface area (Å²) < 4.78 is 2.96. The molecule has 3 aromatic rings. The fraction of sp³-hybridized carbons (Fsp3) is 0.250. The maximum atomic E-state index is 12.9. The first-order valence-corrected chi connectivity index (χ1v) is 13.0. The summed E-state index contributed by atoms with van der Waals surface area (Å²) in [4.78, 5) is 25.3. The third-order valence-electron chi connectivity index (χ3n) is 4.87. The van der Waals surface area contributed by atoms with Crippen LogP contribution in [0.1, 0.15) is 36.1 Å². The highest BCUT2D eigenvalue weighted by Crippen LogP contribution is 2.26. The van der Waals surface area contributed by atoms with E-state index in [9.17, 15) is 9.59 Å². The third kappa shape index (κ3) is 6.83. The van der Waals surface area contributed by atoms with Crippen LogP contribution in [0, 0.1) is 9.49 Å². The second kappa shape index (κ2) is 12.4. The van der Waals surface area contributed by atoms with Gasteiger partial charge in [-0.25, -0.2) is 0 Å². The van der Waals surface area contributed by atoms with Gasteiger partial charge in [-0.1, -0.05) is 55.4 Å². The van der Waals surface area contributed by atoms with Gasteiger partial charge in [0, 0.05) is 15.8 Å². The molecule has 0 saturated heterocycles. The summed E-state index contributed by atoms with van der Waals surface area (Å²) in [5.41, 5.74) is 1.13. The molecule has 0 radical (unpaired) electrons. The van der Waals surface area contributed by atoms with E-state index in [4.69, 9.17) is 11.6 Å². The first-order chi connectivity index (χ1) is 16.3. The molecule has 0 bridgehead atoms. The lowest BCUT2D eigenvalue weighted by Crippen LogP contribution is -2.34. The predicted octanol–water partition coefficient (Wildman–Crippen LogP) is 5.58. The Kier molecular flexibility index (Phi) is 9.54. The highest BCUT2D eigenvalue weighted by atomic mass is 127. The average Bonchev–Trinajstić information content (AvgIpc) is 3.20. The topological polar surface area (TPSA) is 88.9 Å². The highest BCUT2D eigenvalue weighted by molar-refractivity contribution is 14.1. The molecule has 0 aliphatic carbocycles. The average molecular weight is 610 g/mol. The van der Waals surface area contributed by atoms with Crippen LogP contribution >= 0.6 is 46.0 Å². The fourth-order valence-corrected chi connectivity index (χ4v) is 4.53. The van der Waals surface area contributed by atoms with Gasteiger partial charge in [-0.2, -0.15) is 0 Å². The Labute approximate surface area is 221 Å². The first-order valence-electron chi connectivity index (χ1n) is 10.6. The van der Waals surface area contributed by atoms with Crippen LogP contribution < -0.4 is 10.6 Å². The van der Waals surface area contributed by atoms with E-state index in [2.05, 4.69) is 50.0 Å². The number of carbonyl (C=O) groups excluding carboxylic acids is 2. The lowest BCUT2D eigenvalue weighted by Gasteiger charge is -2.23. The maximum absolute atomic E-state index is 12.9. The van der Waals surface area contributed by atoms with Crippen molar-refractivity contribution >= 4 is 63.5 Å². The summed E-state index contributed by atoms with van der Waals surface area (Å²) in [7, 11) is 0. The minimum atomic E-state index is -0.411. The van der Waals surface area contributed by atoms with Gasteiger partial charge in [0.25, 0.3) is 5.91 Å². The van der Waals surface area contributed by atoms with Crippen LogP contribution in [0.4, 0.5) is 5.69 Å². The monoisotopic (exact) mass is 609 g/mol. The summed E-state index contributed by atoms with van der Waals surface area (Å²) >= 11 is 9.69. The molecular formula is C24H25ClIN5O2S. The molecule has 0 fully saturated rings. The Morgan fingerprint density at radius 1 is 1.18 bits per heavy atom. The molecular weight excluding hydrogens is 585 g/mol. The minimum absolute atomic E-state index is 0.0289. The number of hydrogen-bond acceptors (Lipinski definition) is 5. The van der Waals surface area contributed by atoms with Crippen molar-refractivity contribution in [2.45, 2.75) is 31.6 Å². The Morgan fingerprint density at radius 2 is 1.88 bits per heavy atom. The van der Waals surface area contributed by atoms with E-state index in [0.29, 0.717) is 28.1 Å². The number of carbonyl (C=O) groups is 2. The number of allylic oxidation sites excluding steroid dienone is 1. The SMILES string of the molecule is C=CCn1c(SCC(=O)Nc2ccc(I)cc2)nnc1[C@@H](NC(=O)c1ccccc1Cl)C(C)C. The number of anilines is 1. The highest BCUT2D eigenvalue weighted by Gasteiger charge is 2.27. The van der Waals surface area contributed by atoms with Gasteiger partial charge < -0.3 is 15.2 Å². The zero-order chi connectivity index (χ0) is 24.7. The van der Waals surface area contributed by atoms with Gasteiger partial charge in [0.1, 0.15) is 0 Å². The number of benzene rings is 2. The van der Waals surface area contributed by atoms with Crippen LogP contribution in [-0.2, 0) is 11.3 Å². The molecule has 10 heteroatoms. The van der Waals surface area contributed by atoms with Gasteiger partial charge in [-0.05, 0) is 64.9 Å². The molecule has 1 atom stereocenters. The van der Waals surface area contributed by atoms with Gasteiger partial charge in [0.05, 0.1) is 22.4 Å². The molecule has 2 N–H and O–H groups in total. The van der Waals surface area contributed by atoms with Gasteiger partial charge >= 0.3 is 0 Å². The number of nitrogens with zero attached hydrogens (tertiary/aromatic N) is 3. The number of thioether (sulfide) groups is 1. The van der Waals surface area contributed by atoms with Crippen molar-refractivity contribution in [3.05, 3.63) is 81.2 Å². The Morgan fingerprint density at radius 3 is 2.53 bits per heavy atom. The van der Waals surface area contributed by atoms with Crippen molar-refractivity contribution in [2.24, 2.45) is 5.92 Å². The van der Waals surface area contributed by atoms with Crippen LogP contribution in [0.5, 0.6) is 0 Å². The molecule has 0 unspecified atom stereocenters. The van der Waals surface area contributed by atoms with Crippen molar-refractivity contribution in [3.63, 3.8) is 0 Å². The zero-order valence-electron chi connectivity index (χ0n) is 18.8.